The first kappa shape index (κ1) is 13.7. The van der Waals surface area contributed by atoms with Crippen LogP contribution in [0.5, 0.6) is 0 Å². The van der Waals surface area contributed by atoms with Crippen LogP contribution in [0.15, 0.2) is 63.7 Å². The summed E-state index contributed by atoms with van der Waals surface area (Å²) in [6.45, 7) is 0. The molecule has 2 aromatic carbocycles. The number of halogens is 2. The molecule has 0 atom stereocenters. The predicted molar refractivity (Wildman–Crippen MR) is 81.1 cm³/mol. The third-order valence-electron chi connectivity index (χ3n) is 2.89. The molecule has 0 amide bonds. The van der Waals surface area contributed by atoms with Crippen LogP contribution in [0, 0.1) is 5.82 Å². The average molecular weight is 346 g/mol. The largest absolute Gasteiger partial charge is 0.402 e. The highest BCUT2D eigenvalue weighted by Crippen LogP contribution is 2.21. The Morgan fingerprint density at radius 1 is 1.14 bits per heavy atom. The normalized spacial score (nSPS) is 16.0. The van der Waals surface area contributed by atoms with Crippen molar-refractivity contribution in [1.29, 1.82) is 0 Å². The Kier molecular flexibility index (Phi) is 3.66. The maximum atomic E-state index is 13.6. The summed E-state index contributed by atoms with van der Waals surface area (Å²) in [6.07, 6.45) is 1.38. The molecule has 0 spiro atoms. The Bertz CT molecular complexity index is 783. The van der Waals surface area contributed by atoms with Crippen molar-refractivity contribution in [3.63, 3.8) is 0 Å². The SMILES string of the molecule is O=C1OC(c2cccc(Br)c2)=NC1=Cc1ccccc1F. The average Bonchev–Trinajstić information content (AvgIpc) is 2.83. The van der Waals surface area contributed by atoms with E-state index in [1.165, 1.54) is 12.1 Å². The van der Waals surface area contributed by atoms with E-state index < -0.39 is 11.8 Å². The van der Waals surface area contributed by atoms with E-state index in [0.29, 0.717) is 11.1 Å². The summed E-state index contributed by atoms with van der Waals surface area (Å²) in [5, 5.41) is 0. The molecular formula is C16H9BrFNO2. The number of ether oxygens (including phenoxy) is 1. The molecule has 0 fully saturated rings. The van der Waals surface area contributed by atoms with Crippen LogP contribution in [0.4, 0.5) is 4.39 Å². The van der Waals surface area contributed by atoms with Crippen molar-refractivity contribution in [3.8, 4) is 0 Å². The molecular weight excluding hydrogens is 337 g/mol. The van der Waals surface area contributed by atoms with Gasteiger partial charge in [-0.15, -0.1) is 0 Å². The molecule has 0 bridgehead atoms. The van der Waals surface area contributed by atoms with Crippen molar-refractivity contribution in [2.24, 2.45) is 4.99 Å². The molecule has 5 heteroatoms. The van der Waals surface area contributed by atoms with E-state index in [2.05, 4.69) is 20.9 Å². The smallest absolute Gasteiger partial charge is 0.363 e. The second kappa shape index (κ2) is 5.61. The monoisotopic (exact) mass is 345 g/mol. The summed E-state index contributed by atoms with van der Waals surface area (Å²) in [5.74, 6) is -0.791. The van der Waals surface area contributed by atoms with Gasteiger partial charge < -0.3 is 4.74 Å². The summed E-state index contributed by atoms with van der Waals surface area (Å²) in [5.41, 5.74) is 1.05. The van der Waals surface area contributed by atoms with Crippen molar-refractivity contribution >= 4 is 33.9 Å². The molecule has 3 nitrogen and oxygen atoms in total. The van der Waals surface area contributed by atoms with Gasteiger partial charge >= 0.3 is 5.97 Å². The van der Waals surface area contributed by atoms with Crippen LogP contribution in [0.3, 0.4) is 0 Å². The minimum absolute atomic E-state index is 0.0788. The quantitative estimate of drug-likeness (QED) is 0.610. The van der Waals surface area contributed by atoms with Crippen molar-refractivity contribution in [2.75, 3.05) is 0 Å². The molecule has 0 saturated carbocycles. The van der Waals surface area contributed by atoms with E-state index in [-0.39, 0.29) is 11.6 Å². The van der Waals surface area contributed by atoms with Crippen LogP contribution in [-0.2, 0) is 9.53 Å². The molecule has 1 heterocycles. The van der Waals surface area contributed by atoms with Gasteiger partial charge in [-0.1, -0.05) is 40.2 Å². The van der Waals surface area contributed by atoms with Gasteiger partial charge in [-0.2, -0.15) is 0 Å². The number of nitrogens with zero attached hydrogens (tertiary/aromatic N) is 1. The molecule has 0 unspecified atom stereocenters. The van der Waals surface area contributed by atoms with Gasteiger partial charge in [0.25, 0.3) is 0 Å². The Morgan fingerprint density at radius 3 is 2.71 bits per heavy atom. The van der Waals surface area contributed by atoms with Crippen LogP contribution in [0.1, 0.15) is 11.1 Å². The number of carbonyl (C=O) groups is 1. The number of benzene rings is 2. The van der Waals surface area contributed by atoms with Crippen molar-refractivity contribution < 1.29 is 13.9 Å². The Balaban J connectivity index is 1.98. The Labute approximate surface area is 128 Å². The fourth-order valence-electron chi connectivity index (χ4n) is 1.89. The first-order valence-electron chi connectivity index (χ1n) is 6.16. The predicted octanol–water partition coefficient (Wildman–Crippen LogP) is 3.93. The van der Waals surface area contributed by atoms with Crippen LogP contribution in [0.25, 0.3) is 6.08 Å². The van der Waals surface area contributed by atoms with Crippen molar-refractivity contribution in [1.82, 2.24) is 0 Å². The van der Waals surface area contributed by atoms with Crippen LogP contribution in [-0.4, -0.2) is 11.9 Å². The molecule has 21 heavy (non-hydrogen) atoms. The number of hydrogen-bond donors (Lipinski definition) is 0. The summed E-state index contributed by atoms with van der Waals surface area (Å²) in [6, 6.07) is 13.4. The van der Waals surface area contributed by atoms with Crippen LogP contribution >= 0.6 is 15.9 Å². The topological polar surface area (TPSA) is 38.7 Å². The maximum absolute atomic E-state index is 13.6. The van der Waals surface area contributed by atoms with Gasteiger partial charge in [-0.3, -0.25) is 0 Å². The zero-order chi connectivity index (χ0) is 14.8. The van der Waals surface area contributed by atoms with Gasteiger partial charge in [0.15, 0.2) is 5.70 Å². The number of hydrogen-bond acceptors (Lipinski definition) is 3. The summed E-state index contributed by atoms with van der Waals surface area (Å²) in [4.78, 5) is 16.0. The summed E-state index contributed by atoms with van der Waals surface area (Å²) in [7, 11) is 0. The molecule has 0 N–H and O–H groups in total. The van der Waals surface area contributed by atoms with E-state index in [1.807, 2.05) is 12.1 Å². The molecule has 104 valence electrons. The molecule has 0 aromatic heterocycles. The molecule has 0 radical (unpaired) electrons. The van der Waals surface area contributed by atoms with E-state index in [9.17, 15) is 9.18 Å². The van der Waals surface area contributed by atoms with E-state index >= 15 is 0 Å². The first-order valence-corrected chi connectivity index (χ1v) is 6.96. The van der Waals surface area contributed by atoms with Gasteiger partial charge in [-0.25, -0.2) is 14.2 Å². The summed E-state index contributed by atoms with van der Waals surface area (Å²) >= 11 is 3.34. The number of rotatable bonds is 2. The van der Waals surface area contributed by atoms with Crippen LogP contribution in [0.2, 0.25) is 0 Å². The van der Waals surface area contributed by atoms with Gasteiger partial charge in [-0.05, 0) is 30.3 Å². The standard InChI is InChI=1S/C16H9BrFNO2/c17-12-6-3-5-11(8-12)15-19-14(16(20)21-15)9-10-4-1-2-7-13(10)18/h1-9H. The van der Waals surface area contributed by atoms with E-state index in [4.69, 9.17) is 4.74 Å². The fourth-order valence-corrected chi connectivity index (χ4v) is 2.29. The van der Waals surface area contributed by atoms with E-state index in [0.717, 1.165) is 4.47 Å². The highest BCUT2D eigenvalue weighted by molar-refractivity contribution is 9.10. The van der Waals surface area contributed by atoms with Crippen molar-refractivity contribution in [2.45, 2.75) is 0 Å². The first-order chi connectivity index (χ1) is 10.1. The zero-order valence-corrected chi connectivity index (χ0v) is 12.3. The highest BCUT2D eigenvalue weighted by Gasteiger charge is 2.24. The molecule has 2 aromatic rings. The second-order valence-corrected chi connectivity index (χ2v) is 5.28. The molecule has 1 aliphatic rings. The number of carbonyl (C=O) groups excluding carboxylic acids is 1. The third-order valence-corrected chi connectivity index (χ3v) is 3.38. The van der Waals surface area contributed by atoms with Gasteiger partial charge in [0.05, 0.1) is 0 Å². The lowest BCUT2D eigenvalue weighted by Crippen LogP contribution is -2.05. The fraction of sp³-hybridized carbons (Fsp3) is 0. The van der Waals surface area contributed by atoms with Crippen LogP contribution < -0.4 is 0 Å². The molecule has 1 aliphatic heterocycles. The minimum atomic E-state index is -0.590. The van der Waals surface area contributed by atoms with Gasteiger partial charge in [0.2, 0.25) is 5.90 Å². The van der Waals surface area contributed by atoms with Gasteiger partial charge in [0.1, 0.15) is 5.82 Å². The van der Waals surface area contributed by atoms with Crippen molar-refractivity contribution in [3.05, 3.63) is 75.6 Å². The highest BCUT2D eigenvalue weighted by atomic mass is 79.9. The van der Waals surface area contributed by atoms with Gasteiger partial charge in [0, 0.05) is 15.6 Å². The third kappa shape index (κ3) is 2.92. The van der Waals surface area contributed by atoms with E-state index in [1.54, 1.807) is 30.3 Å². The zero-order valence-electron chi connectivity index (χ0n) is 10.7. The maximum Gasteiger partial charge on any atom is 0.363 e. The second-order valence-electron chi connectivity index (χ2n) is 4.37. The lowest BCUT2D eigenvalue weighted by molar-refractivity contribution is -0.129. The Morgan fingerprint density at radius 2 is 1.95 bits per heavy atom. The number of aliphatic imine (C=N–C) groups is 1. The molecule has 0 saturated heterocycles. The lowest BCUT2D eigenvalue weighted by atomic mass is 10.2. The number of cyclic esters (lactones) is 1. The Hall–Kier alpha value is -2.27. The summed E-state index contributed by atoms with van der Waals surface area (Å²) < 4.78 is 19.6. The lowest BCUT2D eigenvalue weighted by Gasteiger charge is -1.99. The molecule has 3 rings (SSSR count). The molecule has 0 aliphatic carbocycles. The number of esters is 1. The minimum Gasteiger partial charge on any atom is -0.402 e.